The van der Waals surface area contributed by atoms with E-state index >= 15 is 0 Å². The molecule has 2 aliphatic heterocycles. The first kappa shape index (κ1) is 16.7. The summed E-state index contributed by atoms with van der Waals surface area (Å²) in [4.78, 5) is 12.3. The van der Waals surface area contributed by atoms with Gasteiger partial charge in [0.05, 0.1) is 17.7 Å². The molecule has 0 aromatic heterocycles. The van der Waals surface area contributed by atoms with Gasteiger partial charge >= 0.3 is 0 Å². The fourth-order valence-electron chi connectivity index (χ4n) is 2.86. The lowest BCUT2D eigenvalue weighted by Gasteiger charge is -2.15. The van der Waals surface area contributed by atoms with Crippen LogP contribution in [0.3, 0.4) is 0 Å². The van der Waals surface area contributed by atoms with E-state index < -0.39 is 26.0 Å². The normalized spacial score (nSPS) is 19.0. The summed E-state index contributed by atoms with van der Waals surface area (Å²) in [6, 6.07) is 12.1. The summed E-state index contributed by atoms with van der Waals surface area (Å²) < 4.78 is 58.5. The van der Waals surface area contributed by atoms with Crippen LogP contribution < -0.4 is 0 Å². The molecule has 0 aliphatic carbocycles. The number of ether oxygens (including phenoxy) is 1. The van der Waals surface area contributed by atoms with Crippen LogP contribution in [0.4, 0.5) is 0 Å². The van der Waals surface area contributed by atoms with Crippen LogP contribution in [-0.2, 0) is 24.8 Å². The summed E-state index contributed by atoms with van der Waals surface area (Å²) in [6.07, 6.45) is 0. The van der Waals surface area contributed by atoms with Gasteiger partial charge in [-0.25, -0.2) is 12.7 Å². The molecule has 8 nitrogen and oxygen atoms in total. The van der Waals surface area contributed by atoms with E-state index in [2.05, 4.69) is 4.40 Å². The molecule has 4 rings (SSSR count). The summed E-state index contributed by atoms with van der Waals surface area (Å²) in [5.74, 6) is -0.743. The number of sulfonamides is 2. The maximum absolute atomic E-state index is 12.4. The van der Waals surface area contributed by atoms with E-state index in [4.69, 9.17) is 4.74 Å². The van der Waals surface area contributed by atoms with Crippen molar-refractivity contribution in [3.63, 3.8) is 0 Å². The standard InChI is InChI=1S/C16H12N2O6S2/c19-16-12-6-2-4-8-14(12)26(22,23)18(16)9-10-24-15-11-5-1-3-7-13(11)25(20,21)17-15/h1-8H,9-10H2. The Morgan fingerprint density at radius 1 is 0.885 bits per heavy atom. The van der Waals surface area contributed by atoms with Gasteiger partial charge in [0.1, 0.15) is 16.4 Å². The second-order valence-electron chi connectivity index (χ2n) is 5.59. The van der Waals surface area contributed by atoms with Crippen LogP contribution in [0.2, 0.25) is 0 Å². The van der Waals surface area contributed by atoms with E-state index in [1.54, 1.807) is 30.3 Å². The number of amides is 1. The van der Waals surface area contributed by atoms with Crippen LogP contribution in [-0.4, -0.2) is 46.1 Å². The molecule has 1 amide bonds. The molecule has 0 bridgehead atoms. The molecule has 0 atom stereocenters. The molecule has 0 fully saturated rings. The third-order valence-corrected chi connectivity index (χ3v) is 7.20. The van der Waals surface area contributed by atoms with Gasteiger partial charge in [0.15, 0.2) is 0 Å². The van der Waals surface area contributed by atoms with Crippen molar-refractivity contribution in [2.45, 2.75) is 9.79 Å². The second-order valence-corrected chi connectivity index (χ2v) is 9.00. The van der Waals surface area contributed by atoms with Crippen LogP contribution >= 0.6 is 0 Å². The molecule has 2 aromatic carbocycles. The van der Waals surface area contributed by atoms with Gasteiger partial charge in [0.2, 0.25) is 5.90 Å². The van der Waals surface area contributed by atoms with Crippen LogP contribution in [0, 0.1) is 0 Å². The molecule has 0 saturated carbocycles. The van der Waals surface area contributed by atoms with Crippen LogP contribution in [0.25, 0.3) is 0 Å². The molecule has 0 spiro atoms. The lowest BCUT2D eigenvalue weighted by atomic mass is 10.2. The molecule has 10 heteroatoms. The highest BCUT2D eigenvalue weighted by molar-refractivity contribution is 7.91. The highest BCUT2D eigenvalue weighted by atomic mass is 32.2. The smallest absolute Gasteiger partial charge is 0.286 e. The monoisotopic (exact) mass is 392 g/mol. The molecule has 0 radical (unpaired) electrons. The predicted octanol–water partition coefficient (Wildman–Crippen LogP) is 0.997. The van der Waals surface area contributed by atoms with Gasteiger partial charge in [-0.2, -0.15) is 8.42 Å². The number of carbonyl (C=O) groups excluding carboxylic acids is 1. The van der Waals surface area contributed by atoms with E-state index in [1.807, 2.05) is 0 Å². The van der Waals surface area contributed by atoms with Crippen LogP contribution in [0.1, 0.15) is 15.9 Å². The Morgan fingerprint density at radius 3 is 2.19 bits per heavy atom. The molecule has 2 heterocycles. The number of nitrogens with zero attached hydrogens (tertiary/aromatic N) is 2. The first-order valence-electron chi connectivity index (χ1n) is 7.56. The number of rotatable bonds is 3. The Morgan fingerprint density at radius 2 is 1.50 bits per heavy atom. The van der Waals surface area contributed by atoms with Crippen molar-refractivity contribution < 1.29 is 26.4 Å². The zero-order valence-electron chi connectivity index (χ0n) is 13.2. The summed E-state index contributed by atoms with van der Waals surface area (Å²) in [5, 5.41) is 0. The highest BCUT2D eigenvalue weighted by Gasteiger charge is 2.40. The maximum atomic E-state index is 12.4. The average Bonchev–Trinajstić information content (AvgIpc) is 2.99. The average molecular weight is 392 g/mol. The molecule has 134 valence electrons. The van der Waals surface area contributed by atoms with Gasteiger partial charge in [-0.05, 0) is 24.3 Å². The Bertz CT molecular complexity index is 1170. The summed E-state index contributed by atoms with van der Waals surface area (Å²) in [7, 11) is -7.75. The molecular formula is C16H12N2O6S2. The summed E-state index contributed by atoms with van der Waals surface area (Å²) in [5.41, 5.74) is 0.421. The SMILES string of the molecule is O=C1c2ccccc2S(=O)(=O)N1CCOC1=NS(=O)(=O)c2ccccc21. The van der Waals surface area contributed by atoms with Crippen LogP contribution in [0.5, 0.6) is 0 Å². The predicted molar refractivity (Wildman–Crippen MR) is 90.8 cm³/mol. The van der Waals surface area contributed by atoms with Crippen molar-refractivity contribution in [1.29, 1.82) is 0 Å². The third kappa shape index (κ3) is 2.41. The summed E-state index contributed by atoms with van der Waals surface area (Å²) >= 11 is 0. The number of benzene rings is 2. The minimum absolute atomic E-state index is 0.0345. The van der Waals surface area contributed by atoms with Crippen molar-refractivity contribution in [2.75, 3.05) is 13.2 Å². The van der Waals surface area contributed by atoms with Crippen molar-refractivity contribution in [3.8, 4) is 0 Å². The van der Waals surface area contributed by atoms with Crippen LogP contribution in [0.15, 0.2) is 62.7 Å². The molecule has 0 unspecified atom stereocenters. The first-order chi connectivity index (χ1) is 12.3. The molecule has 0 saturated heterocycles. The molecule has 26 heavy (non-hydrogen) atoms. The number of hydrogen-bond donors (Lipinski definition) is 0. The number of carbonyl (C=O) groups is 1. The molecule has 2 aromatic rings. The Balaban J connectivity index is 1.53. The van der Waals surface area contributed by atoms with Crippen molar-refractivity contribution in [3.05, 3.63) is 59.7 Å². The van der Waals surface area contributed by atoms with Gasteiger partial charge in [-0.3, -0.25) is 4.79 Å². The fourth-order valence-corrected chi connectivity index (χ4v) is 5.56. The van der Waals surface area contributed by atoms with E-state index in [0.29, 0.717) is 9.87 Å². The van der Waals surface area contributed by atoms with Crippen molar-refractivity contribution in [2.24, 2.45) is 4.40 Å². The van der Waals surface area contributed by atoms with Crippen molar-refractivity contribution in [1.82, 2.24) is 4.31 Å². The maximum Gasteiger partial charge on any atom is 0.286 e. The molecular weight excluding hydrogens is 380 g/mol. The van der Waals surface area contributed by atoms with E-state index in [0.717, 1.165) is 0 Å². The van der Waals surface area contributed by atoms with E-state index in [-0.39, 0.29) is 34.4 Å². The van der Waals surface area contributed by atoms with Gasteiger partial charge in [0, 0.05) is 0 Å². The largest absolute Gasteiger partial charge is 0.475 e. The highest BCUT2D eigenvalue weighted by Crippen LogP contribution is 2.30. The minimum Gasteiger partial charge on any atom is -0.475 e. The first-order valence-corrected chi connectivity index (χ1v) is 10.4. The molecule has 0 N–H and O–H groups in total. The second kappa shape index (κ2) is 5.64. The topological polar surface area (TPSA) is 110 Å². The Labute approximate surface area is 149 Å². The van der Waals surface area contributed by atoms with Gasteiger partial charge in [0.25, 0.3) is 26.0 Å². The quantitative estimate of drug-likeness (QED) is 0.771. The summed E-state index contributed by atoms with van der Waals surface area (Å²) in [6.45, 7) is -0.473. The fraction of sp³-hybridized carbons (Fsp3) is 0.125. The Kier molecular flexibility index (Phi) is 3.63. The number of fused-ring (bicyclic) bond motifs is 2. The van der Waals surface area contributed by atoms with Crippen molar-refractivity contribution >= 4 is 31.9 Å². The number of hydrogen-bond acceptors (Lipinski definition) is 6. The lowest BCUT2D eigenvalue weighted by molar-refractivity contribution is 0.0855. The van der Waals surface area contributed by atoms with E-state index in [1.165, 1.54) is 18.2 Å². The zero-order valence-corrected chi connectivity index (χ0v) is 14.8. The Hall–Kier alpha value is -2.72. The lowest BCUT2D eigenvalue weighted by Crippen LogP contribution is -2.33. The van der Waals surface area contributed by atoms with Gasteiger partial charge < -0.3 is 4.74 Å². The third-order valence-electron chi connectivity index (χ3n) is 4.04. The molecule has 2 aliphatic rings. The van der Waals surface area contributed by atoms with E-state index in [9.17, 15) is 21.6 Å². The van der Waals surface area contributed by atoms with Gasteiger partial charge in [-0.1, -0.05) is 24.3 Å². The van der Waals surface area contributed by atoms with Gasteiger partial charge in [-0.15, -0.1) is 4.40 Å². The zero-order chi connectivity index (χ0) is 18.5. The minimum atomic E-state index is -3.93.